The number of nitrogens with one attached hydrogen (secondary N) is 1. The molecule has 0 bridgehead atoms. The van der Waals surface area contributed by atoms with Gasteiger partial charge in [0.1, 0.15) is 6.04 Å². The second kappa shape index (κ2) is 5.48. The smallest absolute Gasteiger partial charge is 0.329 e. The van der Waals surface area contributed by atoms with Crippen molar-refractivity contribution in [1.82, 2.24) is 0 Å². The van der Waals surface area contributed by atoms with Crippen molar-refractivity contribution in [2.24, 2.45) is 0 Å². The van der Waals surface area contributed by atoms with Crippen LogP contribution >= 0.6 is 0 Å². The Hall–Kier alpha value is -2.11. The topological polar surface area (TPSA) is 67.6 Å². The van der Waals surface area contributed by atoms with Crippen LogP contribution in [0.5, 0.6) is 0 Å². The summed E-state index contributed by atoms with van der Waals surface area (Å²) in [6, 6.07) is 3.06. The van der Waals surface area contributed by atoms with Gasteiger partial charge in [-0.15, -0.1) is 0 Å². The first-order valence-electron chi connectivity index (χ1n) is 6.58. The minimum absolute atomic E-state index is 0.0621. The van der Waals surface area contributed by atoms with Gasteiger partial charge in [-0.05, 0) is 25.0 Å². The summed E-state index contributed by atoms with van der Waals surface area (Å²) in [5.74, 6) is -0.337. The van der Waals surface area contributed by atoms with E-state index in [2.05, 4.69) is 10.2 Å². The minimum Gasteiger partial charge on any atom is -0.464 e. The maximum absolute atomic E-state index is 11.9. The molecule has 0 saturated heterocycles. The van der Waals surface area contributed by atoms with E-state index in [1.54, 1.807) is 19.1 Å². The van der Waals surface area contributed by atoms with Gasteiger partial charge in [0.2, 0.25) is 0 Å². The number of fused-ring (bicyclic) bond motifs is 1. The Kier molecular flexibility index (Phi) is 3.92. The Bertz CT molecular complexity index is 556. The van der Waals surface area contributed by atoms with E-state index in [-0.39, 0.29) is 11.9 Å². The first kappa shape index (κ1) is 14.3. The van der Waals surface area contributed by atoms with Crippen LogP contribution in [0, 0.1) is 11.8 Å². The lowest BCUT2D eigenvalue weighted by molar-refractivity contribution is -0.736. The van der Waals surface area contributed by atoms with E-state index in [1.165, 1.54) is 7.11 Å². The molecule has 6 heteroatoms. The summed E-state index contributed by atoms with van der Waals surface area (Å²) in [5, 5.41) is 3.19. The summed E-state index contributed by atoms with van der Waals surface area (Å²) in [5.41, 5.74) is 3.13. The molecule has 1 aliphatic rings. The molecular weight excluding hydrogens is 260 g/mol. The van der Waals surface area contributed by atoms with Gasteiger partial charge in [-0.25, -0.2) is 9.63 Å². The summed E-state index contributed by atoms with van der Waals surface area (Å²) in [4.78, 5) is 28.6. The lowest BCUT2D eigenvalue weighted by Crippen LogP contribution is -2.31. The summed E-state index contributed by atoms with van der Waals surface area (Å²) in [6.07, 6.45) is 0. The first-order chi connectivity index (χ1) is 9.49. The number of carbonyl (C=O) groups excluding carboxylic acids is 1. The predicted molar refractivity (Wildman–Crippen MR) is 73.9 cm³/mol. The van der Waals surface area contributed by atoms with Crippen LogP contribution in [0.3, 0.4) is 0 Å². The van der Waals surface area contributed by atoms with Crippen LogP contribution in [-0.2, 0) is 14.4 Å². The van der Waals surface area contributed by atoms with Crippen molar-refractivity contribution in [3.63, 3.8) is 0 Å². The van der Waals surface area contributed by atoms with E-state index in [9.17, 15) is 9.70 Å². The number of hydrogen-bond acceptors (Lipinski definition) is 5. The van der Waals surface area contributed by atoms with Gasteiger partial charge in [-0.1, -0.05) is 6.92 Å². The second-order valence-corrected chi connectivity index (χ2v) is 4.83. The summed E-state index contributed by atoms with van der Waals surface area (Å²) < 4.78 is 5.07. The zero-order chi connectivity index (χ0) is 14.9. The number of benzene rings is 1. The molecule has 1 aromatic rings. The molecule has 0 fully saturated rings. The number of aryl methyl sites for hydroxylation is 1. The number of hydrogen-bond donors (Lipinski definition) is 1. The monoisotopic (exact) mass is 279 g/mol. The summed E-state index contributed by atoms with van der Waals surface area (Å²) >= 11 is 0. The van der Waals surface area contributed by atoms with E-state index in [1.807, 2.05) is 13.8 Å². The fourth-order valence-corrected chi connectivity index (χ4v) is 2.52. The van der Waals surface area contributed by atoms with Crippen LogP contribution in [0.2, 0.25) is 0 Å². The van der Waals surface area contributed by atoms with Gasteiger partial charge in [-0.2, -0.15) is 0 Å². The van der Waals surface area contributed by atoms with Crippen LogP contribution in [0.25, 0.3) is 0 Å². The normalized spacial score (nSPS) is 20.0. The molecule has 1 heterocycles. The van der Waals surface area contributed by atoms with E-state index in [0.29, 0.717) is 17.2 Å². The maximum Gasteiger partial charge on any atom is 0.329 e. The molecule has 1 N–H and O–H groups in total. The number of esters is 1. The average Bonchev–Trinajstić information content (AvgIpc) is 2.76. The van der Waals surface area contributed by atoms with Crippen molar-refractivity contribution in [1.29, 1.82) is 0 Å². The van der Waals surface area contributed by atoms with Crippen LogP contribution in [0.4, 0.5) is 11.4 Å². The Morgan fingerprint density at radius 2 is 2.15 bits per heavy atom. The first-order valence-corrected chi connectivity index (χ1v) is 6.58. The number of nitrogens with zero attached hydrogens (tertiary/aromatic N) is 1. The Morgan fingerprint density at radius 3 is 2.75 bits per heavy atom. The van der Waals surface area contributed by atoms with Gasteiger partial charge in [0.05, 0.1) is 11.5 Å². The van der Waals surface area contributed by atoms with Crippen molar-refractivity contribution < 1.29 is 19.3 Å². The SMILES string of the molecule is CCOC(=O)C1Nc2c(C)cc([N+](=O)OC)cc2C1C. The van der Waals surface area contributed by atoms with E-state index < -0.39 is 6.04 Å². The second-order valence-electron chi connectivity index (χ2n) is 4.83. The van der Waals surface area contributed by atoms with Gasteiger partial charge in [0.25, 0.3) is 4.92 Å². The molecule has 0 aliphatic carbocycles. The molecular formula is C14H19N2O4+. The fourth-order valence-electron chi connectivity index (χ4n) is 2.52. The highest BCUT2D eigenvalue weighted by atomic mass is 16.8. The van der Waals surface area contributed by atoms with Crippen molar-refractivity contribution in [3.05, 3.63) is 28.2 Å². The lowest BCUT2D eigenvalue weighted by Gasteiger charge is -2.14. The molecule has 0 amide bonds. The van der Waals surface area contributed by atoms with Crippen molar-refractivity contribution in [3.8, 4) is 0 Å². The molecule has 1 aromatic carbocycles. The van der Waals surface area contributed by atoms with E-state index in [4.69, 9.17) is 4.74 Å². The average molecular weight is 279 g/mol. The number of ether oxygens (including phenoxy) is 1. The minimum atomic E-state index is -0.415. The molecule has 2 atom stereocenters. The van der Waals surface area contributed by atoms with Crippen LogP contribution in [0.15, 0.2) is 12.1 Å². The van der Waals surface area contributed by atoms with Gasteiger partial charge in [-0.3, -0.25) is 0 Å². The molecule has 108 valence electrons. The van der Waals surface area contributed by atoms with Crippen molar-refractivity contribution in [2.45, 2.75) is 32.7 Å². The van der Waals surface area contributed by atoms with E-state index >= 15 is 0 Å². The maximum atomic E-state index is 11.9. The number of rotatable bonds is 4. The lowest BCUT2D eigenvalue weighted by atomic mass is 9.95. The summed E-state index contributed by atoms with van der Waals surface area (Å²) in [6.45, 7) is 5.95. The standard InChI is InChI=1S/C14H19N2O4/c1-5-20-14(17)13-9(3)11-7-10(16(18)19-4)6-8(2)12(11)15-13/h6-7,9,13,15H,5H2,1-4H3/q+1. The van der Waals surface area contributed by atoms with Crippen LogP contribution in [0.1, 0.15) is 30.9 Å². The third-order valence-electron chi connectivity index (χ3n) is 3.56. The Balaban J connectivity index is 2.36. The molecule has 2 rings (SSSR count). The molecule has 1 aliphatic heterocycles. The van der Waals surface area contributed by atoms with Crippen LogP contribution < -0.4 is 5.32 Å². The zero-order valence-electron chi connectivity index (χ0n) is 12.1. The molecule has 20 heavy (non-hydrogen) atoms. The molecule has 0 saturated carbocycles. The molecule has 0 radical (unpaired) electrons. The third kappa shape index (κ3) is 2.33. The highest BCUT2D eigenvalue weighted by molar-refractivity contribution is 5.85. The molecule has 2 unspecified atom stereocenters. The quantitative estimate of drug-likeness (QED) is 0.677. The molecule has 0 aromatic heterocycles. The van der Waals surface area contributed by atoms with Gasteiger partial charge in [0.15, 0.2) is 7.11 Å². The largest absolute Gasteiger partial charge is 0.464 e. The van der Waals surface area contributed by atoms with Gasteiger partial charge in [0, 0.05) is 23.7 Å². The van der Waals surface area contributed by atoms with Crippen LogP contribution in [-0.4, -0.2) is 30.7 Å². The zero-order valence-corrected chi connectivity index (χ0v) is 12.1. The molecule has 0 spiro atoms. The Labute approximate surface area is 117 Å². The Morgan fingerprint density at radius 1 is 1.45 bits per heavy atom. The van der Waals surface area contributed by atoms with E-state index in [0.717, 1.165) is 16.8 Å². The third-order valence-corrected chi connectivity index (χ3v) is 3.56. The highest BCUT2D eigenvalue weighted by Gasteiger charge is 2.37. The van der Waals surface area contributed by atoms with Gasteiger partial charge >= 0.3 is 11.7 Å². The molecule has 6 nitrogen and oxygen atoms in total. The fraction of sp³-hybridized carbons (Fsp3) is 0.500. The summed E-state index contributed by atoms with van der Waals surface area (Å²) in [7, 11) is 1.32. The highest BCUT2D eigenvalue weighted by Crippen LogP contribution is 2.40. The van der Waals surface area contributed by atoms with Crippen molar-refractivity contribution >= 4 is 17.3 Å². The van der Waals surface area contributed by atoms with Gasteiger partial charge < -0.3 is 10.1 Å². The van der Waals surface area contributed by atoms with Crippen molar-refractivity contribution in [2.75, 3.05) is 19.0 Å². The number of carbonyl (C=O) groups is 1. The number of anilines is 1. The predicted octanol–water partition coefficient (Wildman–Crippen LogP) is 2.43.